The Bertz CT molecular complexity index is 7660. The second kappa shape index (κ2) is 52.7. The van der Waals surface area contributed by atoms with Crippen LogP contribution in [0.3, 0.4) is 0 Å². The molecule has 0 saturated heterocycles. The summed E-state index contributed by atoms with van der Waals surface area (Å²) in [5.41, 5.74) is 12.1. The Kier molecular flexibility index (Phi) is 37.6. The van der Waals surface area contributed by atoms with E-state index in [0.29, 0.717) is 39.4 Å². The number of hydrogen-bond acceptors (Lipinski definition) is 24. The van der Waals surface area contributed by atoms with Crippen molar-refractivity contribution in [2.75, 3.05) is 45.1 Å². The molecule has 0 radical (unpaired) electrons. The van der Waals surface area contributed by atoms with Crippen molar-refractivity contribution >= 4 is 217 Å². The molecular formula is C111H95N17O9S7. The summed E-state index contributed by atoms with van der Waals surface area (Å²) >= 11 is 11.4. The van der Waals surface area contributed by atoms with Crippen LogP contribution in [0.1, 0.15) is 147 Å². The Hall–Kier alpha value is -17.2. The monoisotopic (exact) mass is 2030 g/mol. The number of ether oxygens (including phenoxy) is 1. The van der Waals surface area contributed by atoms with Gasteiger partial charge in [-0.2, -0.15) is 35.7 Å². The standard InChI is InChI=1S/2C18H17N3OS.C18H16N2O2S.C17H12N2O3S.C15H13N3OS.C14H10N2OS2.C11H10N2/c1-20(2)16-6-3-5-14(13-16)18(22)21-11-10-15(19-21)8-9-17-7-4-12-23-17;1-20(2)16-8-5-14(6-9-16)18(22)21-12-11-15(19-21)7-10-17-4-3-13-23-17;1-22-16-7-4-14(5-8-16)13-18(21)20-11-10-15(19-20)6-9-17-3-2-12-23-17;20-16(12-3-5-13(6-4-12)17(21)22)19-10-9-14(18-19)7-8-15-2-1-11-23-15;1-17-9-2-5-14(17)15(19)18-10-8-12(16-18)6-7-13-4-3-11-20-13;17-14(13-4-2-10-19-13)16-8-7-11(15-16)5-6-12-3-1-9-18-12;1-2-4-10(5-3-1)6-7-11-8-9-12-13-11/h2*3-13H,1-2H3;2-12H,13H2,1H3;1-11H,(H,21,22);2-11H,1H3;1-10H;1-9H,(H,12,13)/b9-8+;10-7+;9-6+;8-7+;7-6+;6-5+;7-6+. The molecule has 0 aliphatic rings. The fourth-order valence-corrected chi connectivity index (χ4v) is 17.3. The number of aryl methyl sites for hydroxylation is 1. The number of aromatic amines is 1. The zero-order chi connectivity index (χ0) is 101. The lowest BCUT2D eigenvalue weighted by molar-refractivity contribution is 0.0694. The molecule has 0 amide bonds. The van der Waals surface area contributed by atoms with E-state index in [1.165, 1.54) is 74.1 Å². The molecule has 33 heteroatoms. The predicted octanol–water partition coefficient (Wildman–Crippen LogP) is 24.8. The maximum absolute atomic E-state index is 12.5. The fraction of sp³-hybridized carbons (Fsp3) is 0.0631. The van der Waals surface area contributed by atoms with Crippen LogP contribution >= 0.6 is 79.4 Å². The molecule has 5 aromatic carbocycles. The average Bonchev–Trinajstić information content (AvgIpc) is 1.71. The lowest BCUT2D eigenvalue weighted by Crippen LogP contribution is -2.15. The summed E-state index contributed by atoms with van der Waals surface area (Å²) in [5, 5.41) is 55.3. The van der Waals surface area contributed by atoms with Crippen LogP contribution in [-0.4, -0.2) is 155 Å². The van der Waals surface area contributed by atoms with Crippen molar-refractivity contribution in [2.24, 2.45) is 7.05 Å². The Morgan fingerprint density at radius 1 is 0.333 bits per heavy atom. The number of aromatic nitrogens is 15. The summed E-state index contributed by atoms with van der Waals surface area (Å²) in [6, 6.07) is 82.7. The zero-order valence-electron chi connectivity index (χ0n) is 78.6. The molecule has 0 saturated carbocycles. The third-order valence-corrected chi connectivity index (χ3v) is 26.4. The quantitative estimate of drug-likeness (QED) is 0.0537. The Morgan fingerprint density at radius 2 is 0.715 bits per heavy atom. The number of benzene rings is 5. The van der Waals surface area contributed by atoms with Crippen LogP contribution in [0.2, 0.25) is 0 Å². The third-order valence-electron chi connectivity index (χ3n) is 20.5. The lowest BCUT2D eigenvalue weighted by atomic mass is 10.1. The van der Waals surface area contributed by atoms with Gasteiger partial charge >= 0.3 is 5.97 Å². The van der Waals surface area contributed by atoms with Gasteiger partial charge in [0, 0.05) is 142 Å². The molecule has 15 heterocycles. The number of carboxylic acids is 1. The molecule has 0 aliphatic carbocycles. The highest BCUT2D eigenvalue weighted by molar-refractivity contribution is 7.13. The number of hydrogen-bond donors (Lipinski definition) is 2. The van der Waals surface area contributed by atoms with E-state index in [1.54, 1.807) is 147 Å². The average molecular weight is 2040 g/mol. The van der Waals surface area contributed by atoms with Crippen LogP contribution < -0.4 is 14.5 Å². The topological polar surface area (TPSA) is 296 Å². The van der Waals surface area contributed by atoms with Gasteiger partial charge in [-0.15, -0.1) is 79.4 Å². The Morgan fingerprint density at radius 3 is 1.08 bits per heavy atom. The maximum Gasteiger partial charge on any atom is 0.335 e. The normalized spacial score (nSPS) is 11.0. The number of rotatable bonds is 25. The molecule has 0 spiro atoms. The SMILES string of the molecule is C(=C\c1ccn[nH]1)/c1ccccc1.CN(C)c1ccc(C(=O)n2ccc(/C=C/c3cccs3)n2)cc1.CN(C)c1cccc(C(=O)n2ccc(/C=C/c3cccs3)n2)c1.COc1ccc(CC(=O)n2ccc(/C=C/c3cccs3)n2)cc1.Cn1cccc1C(=O)n1ccc(/C=C/c2cccs2)n1.O=C(O)c1ccc(C(=O)n2ccc(/C=C/c3cccs3)n2)cc1.O=C(c1cccs1)n1ccc(/C=C/c2cccs2)n1. The number of methoxy groups -OCH3 is 1. The van der Waals surface area contributed by atoms with Crippen molar-refractivity contribution in [3.63, 3.8) is 0 Å². The van der Waals surface area contributed by atoms with E-state index < -0.39 is 5.97 Å². The zero-order valence-corrected chi connectivity index (χ0v) is 84.3. The number of carbonyl (C=O) groups excluding carboxylic acids is 6. The number of thiophene rings is 7. The van der Waals surface area contributed by atoms with Crippen LogP contribution in [-0.2, 0) is 13.5 Å². The van der Waals surface area contributed by atoms with Gasteiger partial charge < -0.3 is 24.2 Å². The number of nitrogens with one attached hydrogen (secondary N) is 1. The van der Waals surface area contributed by atoms with Crippen LogP contribution in [0, 0.1) is 0 Å². The summed E-state index contributed by atoms with van der Waals surface area (Å²) in [4.78, 5) is 96.2. The van der Waals surface area contributed by atoms with E-state index in [-0.39, 0.29) is 41.0 Å². The summed E-state index contributed by atoms with van der Waals surface area (Å²) < 4.78 is 15.0. The summed E-state index contributed by atoms with van der Waals surface area (Å²) in [6.07, 6.45) is 41.2. The largest absolute Gasteiger partial charge is 0.497 e. The minimum Gasteiger partial charge on any atom is -0.497 e. The molecule has 2 N–H and O–H groups in total. The number of anilines is 2. The minimum absolute atomic E-state index is 0.0639. The van der Waals surface area contributed by atoms with Crippen molar-refractivity contribution in [1.29, 1.82) is 0 Å². The summed E-state index contributed by atoms with van der Waals surface area (Å²) in [5.74, 6) is -1.11. The molecule has 144 heavy (non-hydrogen) atoms. The van der Waals surface area contributed by atoms with E-state index in [0.717, 1.165) is 81.2 Å². The summed E-state index contributed by atoms with van der Waals surface area (Å²) in [7, 11) is 11.3. The van der Waals surface area contributed by atoms with Gasteiger partial charge in [0.15, 0.2) is 0 Å². The summed E-state index contributed by atoms with van der Waals surface area (Å²) in [6.45, 7) is 0. The molecule has 0 aliphatic heterocycles. The van der Waals surface area contributed by atoms with Crippen molar-refractivity contribution in [1.82, 2.24) is 73.4 Å². The highest BCUT2D eigenvalue weighted by Crippen LogP contribution is 2.24. The molecule has 0 atom stereocenters. The van der Waals surface area contributed by atoms with Crippen LogP contribution in [0.25, 0.3) is 85.1 Å². The van der Waals surface area contributed by atoms with E-state index in [1.807, 2.05) is 380 Å². The van der Waals surface area contributed by atoms with Gasteiger partial charge in [-0.05, 0) is 304 Å². The van der Waals surface area contributed by atoms with Crippen LogP contribution in [0.4, 0.5) is 11.4 Å². The van der Waals surface area contributed by atoms with Crippen molar-refractivity contribution < 1.29 is 43.4 Å². The van der Waals surface area contributed by atoms with E-state index in [9.17, 15) is 33.6 Å². The second-order valence-corrected chi connectivity index (χ2v) is 38.0. The van der Waals surface area contributed by atoms with Gasteiger partial charge in [-0.3, -0.25) is 33.9 Å². The first-order valence-corrected chi connectivity index (χ1v) is 50.6. The molecular weight excluding hydrogens is 1940 g/mol. The van der Waals surface area contributed by atoms with Crippen molar-refractivity contribution in [3.05, 3.63) is 467 Å². The molecule has 720 valence electrons. The van der Waals surface area contributed by atoms with Gasteiger partial charge in [0.2, 0.25) is 0 Å². The van der Waals surface area contributed by atoms with Gasteiger partial charge in [0.05, 0.1) is 63.8 Å². The molecule has 0 unspecified atom stereocenters. The smallest absolute Gasteiger partial charge is 0.335 e. The van der Waals surface area contributed by atoms with Gasteiger partial charge in [0.25, 0.3) is 35.4 Å². The number of aromatic carboxylic acids is 1. The Labute approximate surface area is 858 Å². The van der Waals surface area contributed by atoms with E-state index in [4.69, 9.17) is 9.84 Å². The number of carbonyl (C=O) groups is 7. The molecule has 15 aromatic heterocycles. The van der Waals surface area contributed by atoms with Gasteiger partial charge in [-0.1, -0.05) is 97.1 Å². The minimum atomic E-state index is -1.02. The molecule has 20 aromatic rings. The highest BCUT2D eigenvalue weighted by Gasteiger charge is 2.18. The van der Waals surface area contributed by atoms with E-state index in [2.05, 4.69) is 52.9 Å². The third kappa shape index (κ3) is 31.2. The second-order valence-electron chi connectivity index (χ2n) is 31.2. The number of nitrogens with zero attached hydrogens (tertiary/aromatic N) is 16. The number of carboxylic acid groups (broad SMARTS) is 1. The first-order chi connectivity index (χ1) is 70.1. The fourth-order valence-electron chi connectivity index (χ4n) is 13.0. The maximum atomic E-state index is 12.5. The lowest BCUT2D eigenvalue weighted by Gasteiger charge is -2.13. The highest BCUT2D eigenvalue weighted by atomic mass is 32.1. The first-order valence-electron chi connectivity index (χ1n) is 44.4. The first kappa shape index (κ1) is 103. The van der Waals surface area contributed by atoms with Crippen molar-refractivity contribution in [3.8, 4) is 5.75 Å². The van der Waals surface area contributed by atoms with Crippen LogP contribution in [0.15, 0.2) is 354 Å². The molecule has 26 nitrogen and oxygen atoms in total. The molecule has 0 fully saturated rings. The Balaban J connectivity index is 0.000000134. The molecule has 0 bridgehead atoms. The predicted molar refractivity (Wildman–Crippen MR) is 587 cm³/mol. The van der Waals surface area contributed by atoms with E-state index >= 15 is 0 Å². The number of H-pyrrole nitrogens is 1. The van der Waals surface area contributed by atoms with Crippen LogP contribution in [0.5, 0.6) is 5.75 Å². The van der Waals surface area contributed by atoms with Crippen molar-refractivity contribution in [2.45, 2.75) is 6.42 Å². The van der Waals surface area contributed by atoms with Gasteiger partial charge in [0.1, 0.15) is 11.4 Å². The molecule has 20 rings (SSSR count). The van der Waals surface area contributed by atoms with Gasteiger partial charge in [-0.25, -0.2) is 32.9 Å².